The highest BCUT2D eigenvalue weighted by atomic mass is 16.5. The fourth-order valence-electron chi connectivity index (χ4n) is 4.33. The molecule has 0 unspecified atom stereocenters. The van der Waals surface area contributed by atoms with Gasteiger partial charge in [0, 0.05) is 50.8 Å². The summed E-state index contributed by atoms with van der Waals surface area (Å²) in [6.45, 7) is 3.17. The molecular weight excluding hydrogens is 470 g/mol. The Balaban J connectivity index is 1.38. The van der Waals surface area contributed by atoms with Crippen molar-refractivity contribution in [2.24, 2.45) is 0 Å². The van der Waals surface area contributed by atoms with E-state index >= 15 is 0 Å². The molecule has 11 heteroatoms. The molecule has 1 aliphatic rings. The van der Waals surface area contributed by atoms with E-state index in [1.807, 2.05) is 31.4 Å². The largest absolute Gasteiger partial charge is 0.491 e. The maximum atomic E-state index is 12.8. The Morgan fingerprint density at radius 3 is 2.89 bits per heavy atom. The quantitative estimate of drug-likeness (QED) is 0.305. The van der Waals surface area contributed by atoms with E-state index in [2.05, 4.69) is 40.9 Å². The van der Waals surface area contributed by atoms with Gasteiger partial charge in [-0.25, -0.2) is 19.9 Å². The molecular formula is C26H31N9O2. The molecule has 4 aromatic rings. The second kappa shape index (κ2) is 11.7. The fraction of sp³-hybridized carbons (Fsp3) is 0.346. The maximum absolute atomic E-state index is 12.8. The van der Waals surface area contributed by atoms with Gasteiger partial charge in [0.1, 0.15) is 30.1 Å². The van der Waals surface area contributed by atoms with Crippen LogP contribution in [0.5, 0.6) is 5.75 Å². The molecule has 1 amide bonds. The van der Waals surface area contributed by atoms with Crippen LogP contribution in [0.15, 0.2) is 49.2 Å². The molecule has 0 radical (unpaired) electrons. The Morgan fingerprint density at radius 2 is 2.00 bits per heavy atom. The third-order valence-corrected chi connectivity index (χ3v) is 6.28. The van der Waals surface area contributed by atoms with Crippen molar-refractivity contribution in [3.05, 3.63) is 60.3 Å². The lowest BCUT2D eigenvalue weighted by Gasteiger charge is -2.19. The Morgan fingerprint density at radius 1 is 1.11 bits per heavy atom. The number of aromatic nitrogens is 5. The molecule has 0 saturated heterocycles. The zero-order valence-electron chi connectivity index (χ0n) is 20.8. The minimum atomic E-state index is 0.115. The van der Waals surface area contributed by atoms with Gasteiger partial charge in [-0.15, -0.1) is 0 Å². The Hall–Kier alpha value is -4.25. The summed E-state index contributed by atoms with van der Waals surface area (Å²) < 4.78 is 6.10. The van der Waals surface area contributed by atoms with E-state index in [1.165, 1.54) is 0 Å². The van der Waals surface area contributed by atoms with Crippen LogP contribution in [-0.4, -0.2) is 69.0 Å². The number of hydrogen-bond donors (Lipinski definition) is 4. The second-order valence-electron chi connectivity index (χ2n) is 8.90. The first-order chi connectivity index (χ1) is 18.2. The van der Waals surface area contributed by atoms with Crippen molar-refractivity contribution in [1.82, 2.24) is 35.1 Å². The number of aryl methyl sites for hydroxylation is 1. The van der Waals surface area contributed by atoms with E-state index in [0.29, 0.717) is 45.0 Å². The Bertz CT molecular complexity index is 1340. The monoisotopic (exact) mass is 501 g/mol. The summed E-state index contributed by atoms with van der Waals surface area (Å²) in [6, 6.07) is 7.70. The van der Waals surface area contributed by atoms with Crippen LogP contribution in [0.4, 0.5) is 17.5 Å². The van der Waals surface area contributed by atoms with Crippen LogP contribution in [0.3, 0.4) is 0 Å². The van der Waals surface area contributed by atoms with Crippen molar-refractivity contribution in [2.45, 2.75) is 25.8 Å². The van der Waals surface area contributed by atoms with Gasteiger partial charge in [-0.3, -0.25) is 4.79 Å². The van der Waals surface area contributed by atoms with Crippen molar-refractivity contribution < 1.29 is 9.53 Å². The van der Waals surface area contributed by atoms with E-state index < -0.39 is 0 Å². The number of benzene rings is 1. The summed E-state index contributed by atoms with van der Waals surface area (Å²) >= 11 is 0. The normalized spacial score (nSPS) is 14.8. The smallest absolute Gasteiger partial charge is 0.222 e. The predicted molar refractivity (Wildman–Crippen MR) is 142 cm³/mol. The minimum Gasteiger partial charge on any atom is -0.491 e. The topological polar surface area (TPSA) is 133 Å². The number of aromatic amines is 1. The number of nitrogens with zero attached hydrogens (tertiary/aromatic N) is 5. The molecule has 0 aliphatic carbocycles. The number of carbonyl (C=O) groups is 1. The van der Waals surface area contributed by atoms with Crippen molar-refractivity contribution >= 4 is 34.4 Å². The van der Waals surface area contributed by atoms with Crippen LogP contribution in [0.2, 0.25) is 0 Å². The highest BCUT2D eigenvalue weighted by molar-refractivity contribution is 5.92. The standard InChI is InChI=1S/C26H31N9O2/c1-35-12-3-8-27-15-19-16-31-24-23(19)25(33-17-32-24)34-20-5-6-21(18(14-20)4-7-22(35)36)37-13-11-30-26-28-9-2-10-29-26/h2,5-6,9-10,14,16-17,27H,3-4,7-8,11-13,15H2,1H3,(H,28,29,30)(H2,31,32,33,34). The molecule has 0 fully saturated rings. The van der Waals surface area contributed by atoms with Crippen LogP contribution in [-0.2, 0) is 17.8 Å². The molecule has 4 N–H and O–H groups in total. The van der Waals surface area contributed by atoms with Crippen LogP contribution in [0, 0.1) is 0 Å². The van der Waals surface area contributed by atoms with Crippen LogP contribution < -0.4 is 20.7 Å². The maximum Gasteiger partial charge on any atom is 0.222 e. The summed E-state index contributed by atoms with van der Waals surface area (Å²) in [5.41, 5.74) is 3.70. The lowest BCUT2D eigenvalue weighted by Crippen LogP contribution is -2.30. The number of nitrogens with one attached hydrogen (secondary N) is 4. The molecule has 0 spiro atoms. The van der Waals surface area contributed by atoms with E-state index in [1.54, 1.807) is 29.7 Å². The van der Waals surface area contributed by atoms with E-state index in [9.17, 15) is 4.79 Å². The zero-order chi connectivity index (χ0) is 25.5. The average molecular weight is 502 g/mol. The van der Waals surface area contributed by atoms with Gasteiger partial charge in [0.2, 0.25) is 11.9 Å². The Kier molecular flexibility index (Phi) is 7.70. The molecule has 192 valence electrons. The highest BCUT2D eigenvalue weighted by Crippen LogP contribution is 2.30. The molecule has 37 heavy (non-hydrogen) atoms. The van der Waals surface area contributed by atoms with Crippen LogP contribution in [0.25, 0.3) is 11.0 Å². The highest BCUT2D eigenvalue weighted by Gasteiger charge is 2.15. The van der Waals surface area contributed by atoms with E-state index in [0.717, 1.165) is 52.4 Å². The van der Waals surface area contributed by atoms with Gasteiger partial charge in [0.25, 0.3) is 0 Å². The average Bonchev–Trinajstić information content (AvgIpc) is 3.34. The zero-order valence-corrected chi connectivity index (χ0v) is 20.8. The van der Waals surface area contributed by atoms with E-state index in [-0.39, 0.29) is 5.91 Å². The number of amides is 1. The lowest BCUT2D eigenvalue weighted by molar-refractivity contribution is -0.129. The Labute approximate surface area is 215 Å². The van der Waals surface area contributed by atoms with Gasteiger partial charge in [-0.2, -0.15) is 0 Å². The van der Waals surface area contributed by atoms with Gasteiger partial charge in [-0.1, -0.05) is 0 Å². The third-order valence-electron chi connectivity index (χ3n) is 6.28. The molecule has 0 atom stereocenters. The molecule has 3 aromatic heterocycles. The van der Waals surface area contributed by atoms with Crippen molar-refractivity contribution in [3.63, 3.8) is 0 Å². The molecule has 4 heterocycles. The molecule has 0 saturated carbocycles. The molecule has 5 rings (SSSR count). The summed E-state index contributed by atoms with van der Waals surface area (Å²) in [7, 11) is 1.86. The summed E-state index contributed by atoms with van der Waals surface area (Å²) in [5.74, 6) is 2.16. The number of carbonyl (C=O) groups excluding carboxylic acids is 1. The first-order valence-electron chi connectivity index (χ1n) is 12.5. The van der Waals surface area contributed by atoms with Crippen molar-refractivity contribution in [1.29, 1.82) is 0 Å². The first-order valence-corrected chi connectivity index (χ1v) is 12.5. The number of H-pyrrole nitrogens is 1. The van der Waals surface area contributed by atoms with Crippen LogP contribution in [0.1, 0.15) is 24.0 Å². The minimum absolute atomic E-state index is 0.115. The summed E-state index contributed by atoms with van der Waals surface area (Å²) in [4.78, 5) is 35.1. The third kappa shape index (κ3) is 6.12. The number of fused-ring (bicyclic) bond motifs is 2. The van der Waals surface area contributed by atoms with Gasteiger partial charge in [-0.05, 0) is 54.8 Å². The first kappa shape index (κ1) is 24.4. The second-order valence-corrected chi connectivity index (χ2v) is 8.90. The van der Waals surface area contributed by atoms with Crippen molar-refractivity contribution in [3.8, 4) is 5.75 Å². The predicted octanol–water partition coefficient (Wildman–Crippen LogP) is 2.87. The lowest BCUT2D eigenvalue weighted by atomic mass is 10.1. The van der Waals surface area contributed by atoms with Crippen molar-refractivity contribution in [2.75, 3.05) is 43.9 Å². The number of ether oxygens (including phenoxy) is 1. The number of rotatable bonds is 5. The van der Waals surface area contributed by atoms with Gasteiger partial charge in [0.05, 0.1) is 11.9 Å². The summed E-state index contributed by atoms with van der Waals surface area (Å²) in [5, 5.41) is 11.0. The van der Waals surface area contributed by atoms with E-state index in [4.69, 9.17) is 4.74 Å². The van der Waals surface area contributed by atoms with Gasteiger partial charge >= 0.3 is 0 Å². The summed E-state index contributed by atoms with van der Waals surface area (Å²) in [6.07, 6.45) is 8.73. The molecule has 1 aromatic carbocycles. The number of anilines is 3. The molecule has 11 nitrogen and oxygen atoms in total. The molecule has 1 aliphatic heterocycles. The van der Waals surface area contributed by atoms with Gasteiger partial charge < -0.3 is 30.6 Å². The molecule has 2 bridgehead atoms. The number of hydrogen-bond acceptors (Lipinski definition) is 9. The SMILES string of the molecule is CN1CCCNCc2c[nH]c3ncnc(c23)Nc2ccc(OCCNc3ncccn3)c(c2)CCC1=O. The van der Waals surface area contributed by atoms with Gasteiger partial charge in [0.15, 0.2) is 0 Å². The fourth-order valence-corrected chi connectivity index (χ4v) is 4.33. The van der Waals surface area contributed by atoms with Crippen LogP contribution >= 0.6 is 0 Å².